The van der Waals surface area contributed by atoms with Gasteiger partial charge < -0.3 is 0 Å². The molecule has 19 heavy (non-hydrogen) atoms. The van der Waals surface area contributed by atoms with E-state index in [2.05, 4.69) is 0 Å². The van der Waals surface area contributed by atoms with Crippen LogP contribution in [0.3, 0.4) is 0 Å². The molecule has 0 fully saturated rings. The van der Waals surface area contributed by atoms with Gasteiger partial charge in [-0.05, 0) is 24.3 Å². The lowest BCUT2D eigenvalue weighted by molar-refractivity contribution is 0.103. The second-order valence-corrected chi connectivity index (χ2v) is 3.68. The van der Waals surface area contributed by atoms with Gasteiger partial charge in [-0.3, -0.25) is 4.79 Å². The van der Waals surface area contributed by atoms with Crippen LogP contribution in [-0.4, -0.2) is 5.78 Å². The van der Waals surface area contributed by atoms with Crippen molar-refractivity contribution in [2.24, 2.45) is 0 Å². The van der Waals surface area contributed by atoms with Gasteiger partial charge in [-0.1, -0.05) is 0 Å². The minimum absolute atomic E-state index is 0.436. The van der Waals surface area contributed by atoms with E-state index < -0.39 is 46.0 Å². The van der Waals surface area contributed by atoms with Gasteiger partial charge in [0.05, 0.1) is 11.1 Å². The van der Waals surface area contributed by atoms with Crippen LogP contribution in [0.5, 0.6) is 0 Å². The second kappa shape index (κ2) is 4.79. The summed E-state index contributed by atoms with van der Waals surface area (Å²) in [6.07, 6.45) is 0. The molecule has 0 aliphatic heterocycles. The predicted molar refractivity (Wildman–Crippen MR) is 56.1 cm³/mol. The van der Waals surface area contributed by atoms with Gasteiger partial charge in [0.15, 0.2) is 23.2 Å². The topological polar surface area (TPSA) is 17.1 Å². The third-order valence-electron chi connectivity index (χ3n) is 2.46. The fourth-order valence-electron chi connectivity index (χ4n) is 1.52. The van der Waals surface area contributed by atoms with Crippen LogP contribution in [-0.2, 0) is 0 Å². The highest BCUT2D eigenvalue weighted by molar-refractivity contribution is 6.09. The van der Waals surface area contributed by atoms with Gasteiger partial charge in [0.25, 0.3) is 0 Å². The molecule has 1 nitrogen and oxygen atoms in total. The van der Waals surface area contributed by atoms with E-state index in [9.17, 15) is 26.7 Å². The Morgan fingerprint density at radius 3 is 2.00 bits per heavy atom. The van der Waals surface area contributed by atoms with E-state index in [-0.39, 0.29) is 0 Å². The molecule has 0 unspecified atom stereocenters. The first-order valence-corrected chi connectivity index (χ1v) is 5.05. The number of halogens is 5. The zero-order valence-electron chi connectivity index (χ0n) is 9.18. The molecule has 0 saturated heterocycles. The van der Waals surface area contributed by atoms with Crippen molar-refractivity contribution in [3.05, 3.63) is 70.5 Å². The molecule has 0 radical (unpaired) electrons. The van der Waals surface area contributed by atoms with Crippen molar-refractivity contribution in [2.75, 3.05) is 0 Å². The average Bonchev–Trinajstić information content (AvgIpc) is 2.35. The van der Waals surface area contributed by atoms with E-state index in [1.807, 2.05) is 0 Å². The zero-order valence-corrected chi connectivity index (χ0v) is 9.18. The molecule has 6 heteroatoms. The lowest BCUT2D eigenvalue weighted by atomic mass is 10.0. The molecule has 0 N–H and O–H groups in total. The maximum atomic E-state index is 13.4. The normalized spacial score (nSPS) is 10.6. The van der Waals surface area contributed by atoms with Crippen LogP contribution >= 0.6 is 0 Å². The summed E-state index contributed by atoms with van der Waals surface area (Å²) < 4.78 is 65.1. The van der Waals surface area contributed by atoms with Crippen molar-refractivity contribution in [1.82, 2.24) is 0 Å². The Morgan fingerprint density at radius 1 is 0.737 bits per heavy atom. The number of ketones is 1. The third kappa shape index (κ3) is 2.33. The smallest absolute Gasteiger partial charge is 0.199 e. The van der Waals surface area contributed by atoms with Gasteiger partial charge in [-0.2, -0.15) is 0 Å². The molecule has 0 bridgehead atoms. The lowest BCUT2D eigenvalue weighted by Crippen LogP contribution is -2.09. The number of rotatable bonds is 2. The number of carbonyl (C=O) groups is 1. The summed E-state index contributed by atoms with van der Waals surface area (Å²) in [4.78, 5) is 11.8. The summed E-state index contributed by atoms with van der Waals surface area (Å²) in [6.45, 7) is 0. The molecular weight excluding hydrogens is 267 g/mol. The maximum Gasteiger partial charge on any atom is 0.199 e. The summed E-state index contributed by atoms with van der Waals surface area (Å²) in [6, 6.07) is 3.28. The molecule has 2 aromatic rings. The van der Waals surface area contributed by atoms with Crippen LogP contribution in [0.25, 0.3) is 0 Å². The minimum Gasteiger partial charge on any atom is -0.288 e. The lowest BCUT2D eigenvalue weighted by Gasteiger charge is -2.05. The molecule has 0 spiro atoms. The van der Waals surface area contributed by atoms with Gasteiger partial charge in [0.1, 0.15) is 11.6 Å². The molecule has 0 aliphatic carbocycles. The van der Waals surface area contributed by atoms with Crippen molar-refractivity contribution in [3.63, 3.8) is 0 Å². The van der Waals surface area contributed by atoms with E-state index in [0.717, 1.165) is 12.1 Å². The first-order chi connectivity index (χ1) is 8.91. The molecule has 0 aromatic heterocycles. The van der Waals surface area contributed by atoms with Crippen molar-refractivity contribution in [1.29, 1.82) is 0 Å². The van der Waals surface area contributed by atoms with Crippen molar-refractivity contribution in [3.8, 4) is 0 Å². The fourth-order valence-corrected chi connectivity index (χ4v) is 1.52. The first-order valence-electron chi connectivity index (χ1n) is 5.05. The molecule has 98 valence electrons. The molecule has 0 saturated carbocycles. The van der Waals surface area contributed by atoms with E-state index in [0.29, 0.717) is 18.2 Å². The summed E-state index contributed by atoms with van der Waals surface area (Å²) in [5.41, 5.74) is -1.46. The molecule has 2 aromatic carbocycles. The van der Waals surface area contributed by atoms with Gasteiger partial charge in [0.2, 0.25) is 0 Å². The standard InChI is InChI=1S/C13H5F5O/c14-6-1-2-7(10(16)5-6)13(19)8-3-4-9(15)12(18)11(8)17/h1-5H. The van der Waals surface area contributed by atoms with Gasteiger partial charge >= 0.3 is 0 Å². The van der Waals surface area contributed by atoms with Crippen LogP contribution in [0.1, 0.15) is 15.9 Å². The van der Waals surface area contributed by atoms with E-state index >= 15 is 0 Å². The summed E-state index contributed by atoms with van der Waals surface area (Å²) in [5, 5.41) is 0. The Balaban J connectivity index is 2.53. The molecule has 2 rings (SSSR count). The Bertz CT molecular complexity index is 666. The molecule has 0 atom stereocenters. The largest absolute Gasteiger partial charge is 0.288 e. The number of hydrogen-bond acceptors (Lipinski definition) is 1. The van der Waals surface area contributed by atoms with Crippen molar-refractivity contribution < 1.29 is 26.7 Å². The Kier molecular flexibility index (Phi) is 3.33. The van der Waals surface area contributed by atoms with Crippen LogP contribution in [0.15, 0.2) is 30.3 Å². The highest BCUT2D eigenvalue weighted by atomic mass is 19.2. The SMILES string of the molecule is O=C(c1ccc(F)cc1F)c1ccc(F)c(F)c1F. The molecule has 0 amide bonds. The summed E-state index contributed by atoms with van der Waals surface area (Å²) >= 11 is 0. The fraction of sp³-hybridized carbons (Fsp3) is 0. The van der Waals surface area contributed by atoms with Crippen LogP contribution < -0.4 is 0 Å². The first kappa shape index (κ1) is 13.2. The number of benzene rings is 2. The van der Waals surface area contributed by atoms with E-state index in [1.54, 1.807) is 0 Å². The second-order valence-electron chi connectivity index (χ2n) is 3.68. The van der Waals surface area contributed by atoms with E-state index in [4.69, 9.17) is 0 Å². The van der Waals surface area contributed by atoms with Crippen LogP contribution in [0.2, 0.25) is 0 Å². The van der Waals surface area contributed by atoms with E-state index in [1.165, 1.54) is 0 Å². The number of hydrogen-bond donors (Lipinski definition) is 0. The van der Waals surface area contributed by atoms with Crippen LogP contribution in [0.4, 0.5) is 22.0 Å². The zero-order chi connectivity index (χ0) is 14.2. The summed E-state index contributed by atoms with van der Waals surface area (Å²) in [5.74, 6) is -8.33. The molecular formula is C13H5F5O. The van der Waals surface area contributed by atoms with Crippen molar-refractivity contribution in [2.45, 2.75) is 0 Å². The average molecular weight is 272 g/mol. The van der Waals surface area contributed by atoms with Crippen molar-refractivity contribution >= 4 is 5.78 Å². The monoisotopic (exact) mass is 272 g/mol. The highest BCUT2D eigenvalue weighted by Crippen LogP contribution is 2.20. The Morgan fingerprint density at radius 2 is 1.37 bits per heavy atom. The van der Waals surface area contributed by atoms with Gasteiger partial charge in [-0.25, -0.2) is 22.0 Å². The quantitative estimate of drug-likeness (QED) is 0.463. The van der Waals surface area contributed by atoms with Crippen LogP contribution in [0, 0.1) is 29.1 Å². The third-order valence-corrected chi connectivity index (χ3v) is 2.46. The maximum absolute atomic E-state index is 13.4. The number of carbonyl (C=O) groups excluding carboxylic acids is 1. The molecule has 0 aliphatic rings. The summed E-state index contributed by atoms with van der Waals surface area (Å²) in [7, 11) is 0. The van der Waals surface area contributed by atoms with Gasteiger partial charge in [0, 0.05) is 6.07 Å². The van der Waals surface area contributed by atoms with Gasteiger partial charge in [-0.15, -0.1) is 0 Å². The Hall–Kier alpha value is -2.24. The highest BCUT2D eigenvalue weighted by Gasteiger charge is 2.22. The minimum atomic E-state index is -1.83. The predicted octanol–water partition coefficient (Wildman–Crippen LogP) is 3.61. The molecule has 0 heterocycles. The Labute approximate surface area is 104 Å².